The summed E-state index contributed by atoms with van der Waals surface area (Å²) in [6.07, 6.45) is -2.18. The van der Waals surface area contributed by atoms with Crippen molar-refractivity contribution in [2.24, 2.45) is 0 Å². The first-order chi connectivity index (χ1) is 20.4. The standard InChI is InChI=1S/C29H33F4N7O3/c1-6-27(41)37-20-14-21(24(42-5)15-23(20)39(4)12-11-38(2)3)36-25-16-26(35-17-34-25)40-22(10-13-43-40)18-8-7-9-19(28(18)30)29(31,32)33/h6-9,14-17,22H,1,10-13H2,2-5H3,(H,37,41)(H,34,35,36)/t22-/m1/s1. The molecule has 1 atom stereocenters. The molecule has 0 bridgehead atoms. The van der Waals surface area contributed by atoms with Gasteiger partial charge in [-0.05, 0) is 32.3 Å². The molecule has 1 aliphatic heterocycles. The van der Waals surface area contributed by atoms with Gasteiger partial charge >= 0.3 is 6.18 Å². The number of rotatable bonds is 11. The Hall–Kier alpha value is -4.43. The van der Waals surface area contributed by atoms with Crippen molar-refractivity contribution >= 4 is 34.6 Å². The minimum Gasteiger partial charge on any atom is -0.494 e. The van der Waals surface area contributed by atoms with Gasteiger partial charge in [0.25, 0.3) is 0 Å². The highest BCUT2D eigenvalue weighted by atomic mass is 19.4. The molecule has 0 aliphatic carbocycles. The van der Waals surface area contributed by atoms with E-state index in [0.717, 1.165) is 12.6 Å². The summed E-state index contributed by atoms with van der Waals surface area (Å²) in [5, 5.41) is 7.25. The van der Waals surface area contributed by atoms with Crippen LogP contribution in [0.4, 0.5) is 46.3 Å². The molecule has 2 aromatic carbocycles. The number of hydrogen-bond acceptors (Lipinski definition) is 9. The van der Waals surface area contributed by atoms with Gasteiger partial charge in [-0.15, -0.1) is 0 Å². The Kier molecular flexibility index (Phi) is 9.71. The van der Waals surface area contributed by atoms with Gasteiger partial charge in [0.2, 0.25) is 5.91 Å². The number of nitrogens with zero attached hydrogens (tertiary/aromatic N) is 5. The highest BCUT2D eigenvalue weighted by Gasteiger charge is 2.38. The fourth-order valence-corrected chi connectivity index (χ4v) is 4.58. The van der Waals surface area contributed by atoms with Gasteiger partial charge < -0.3 is 25.2 Å². The molecule has 0 unspecified atom stereocenters. The van der Waals surface area contributed by atoms with Gasteiger partial charge in [0, 0.05) is 44.3 Å². The molecule has 230 valence electrons. The Balaban J connectivity index is 1.66. The summed E-state index contributed by atoms with van der Waals surface area (Å²) in [7, 11) is 7.32. The Bertz CT molecular complexity index is 1470. The number of anilines is 5. The largest absolute Gasteiger partial charge is 0.494 e. The topological polar surface area (TPSA) is 95.1 Å². The number of halogens is 4. The number of nitrogens with one attached hydrogen (secondary N) is 2. The van der Waals surface area contributed by atoms with Crippen LogP contribution in [0.2, 0.25) is 0 Å². The molecule has 43 heavy (non-hydrogen) atoms. The molecule has 10 nitrogen and oxygen atoms in total. The summed E-state index contributed by atoms with van der Waals surface area (Å²) < 4.78 is 60.7. The van der Waals surface area contributed by atoms with E-state index in [0.29, 0.717) is 35.4 Å². The van der Waals surface area contributed by atoms with Crippen LogP contribution < -0.4 is 25.3 Å². The number of likely N-dealkylation sites (N-methyl/N-ethyl adjacent to an activating group) is 2. The lowest BCUT2D eigenvalue weighted by Gasteiger charge is -2.26. The van der Waals surface area contributed by atoms with Crippen LogP contribution in [0.25, 0.3) is 0 Å². The van der Waals surface area contributed by atoms with Crippen molar-refractivity contribution in [2.45, 2.75) is 18.6 Å². The Morgan fingerprint density at radius 1 is 1.19 bits per heavy atom. The van der Waals surface area contributed by atoms with Crippen LogP contribution in [0.3, 0.4) is 0 Å². The van der Waals surface area contributed by atoms with E-state index in [1.807, 2.05) is 30.9 Å². The zero-order valence-electron chi connectivity index (χ0n) is 24.2. The number of aromatic nitrogens is 2. The molecule has 1 aromatic heterocycles. The van der Waals surface area contributed by atoms with Crippen molar-refractivity contribution in [3.8, 4) is 5.75 Å². The molecule has 1 amide bonds. The van der Waals surface area contributed by atoms with Crippen LogP contribution in [-0.2, 0) is 15.8 Å². The fraction of sp³-hybridized carbons (Fsp3) is 0.345. The number of carbonyl (C=O) groups excluding carboxylic acids is 1. The molecular formula is C29H33F4N7O3. The number of amides is 1. The molecule has 0 saturated carbocycles. The maximum absolute atomic E-state index is 15.0. The van der Waals surface area contributed by atoms with Gasteiger partial charge in [-0.3, -0.25) is 9.63 Å². The summed E-state index contributed by atoms with van der Waals surface area (Å²) in [5.74, 6) is -0.809. The van der Waals surface area contributed by atoms with Crippen molar-refractivity contribution in [3.05, 3.63) is 72.3 Å². The van der Waals surface area contributed by atoms with E-state index in [4.69, 9.17) is 9.57 Å². The van der Waals surface area contributed by atoms with Gasteiger partial charge in [0.05, 0.1) is 42.4 Å². The molecule has 1 saturated heterocycles. The third kappa shape index (κ3) is 7.32. The molecule has 1 aliphatic rings. The number of methoxy groups -OCH3 is 1. The minimum absolute atomic E-state index is 0.149. The van der Waals surface area contributed by atoms with Crippen molar-refractivity contribution in [3.63, 3.8) is 0 Å². The lowest BCUT2D eigenvalue weighted by atomic mass is 10.0. The van der Waals surface area contributed by atoms with E-state index in [-0.39, 0.29) is 30.2 Å². The van der Waals surface area contributed by atoms with E-state index < -0.39 is 29.5 Å². The molecule has 4 rings (SSSR count). The van der Waals surface area contributed by atoms with Crippen molar-refractivity contribution < 1.29 is 31.9 Å². The summed E-state index contributed by atoms with van der Waals surface area (Å²) in [6, 6.07) is 7.31. The van der Waals surface area contributed by atoms with Crippen molar-refractivity contribution in [1.82, 2.24) is 14.9 Å². The van der Waals surface area contributed by atoms with Gasteiger partial charge in [0.15, 0.2) is 5.82 Å². The van der Waals surface area contributed by atoms with Crippen LogP contribution in [0.1, 0.15) is 23.6 Å². The number of ether oxygens (including phenoxy) is 1. The zero-order valence-corrected chi connectivity index (χ0v) is 24.2. The maximum atomic E-state index is 15.0. The van der Waals surface area contributed by atoms with Gasteiger partial charge in [-0.1, -0.05) is 18.7 Å². The summed E-state index contributed by atoms with van der Waals surface area (Å²) in [5.41, 5.74) is 0.160. The first-order valence-electron chi connectivity index (χ1n) is 13.3. The van der Waals surface area contributed by atoms with Gasteiger partial charge in [0.1, 0.15) is 23.7 Å². The summed E-state index contributed by atoms with van der Waals surface area (Å²) in [6.45, 7) is 5.11. The van der Waals surface area contributed by atoms with E-state index in [1.54, 1.807) is 12.1 Å². The first-order valence-corrected chi connectivity index (χ1v) is 13.3. The SMILES string of the molecule is C=CC(=O)Nc1cc(Nc2cc(N3OCC[C@@H]3c3cccc(C(F)(F)F)c3F)ncn2)c(OC)cc1N(C)CCN(C)C. The summed E-state index contributed by atoms with van der Waals surface area (Å²) >= 11 is 0. The van der Waals surface area contributed by atoms with E-state index in [2.05, 4.69) is 27.2 Å². The van der Waals surface area contributed by atoms with Crippen LogP contribution >= 0.6 is 0 Å². The van der Waals surface area contributed by atoms with Gasteiger partial charge in [-0.25, -0.2) is 19.4 Å². The fourth-order valence-electron chi connectivity index (χ4n) is 4.58. The molecule has 0 radical (unpaired) electrons. The second-order valence-corrected chi connectivity index (χ2v) is 10.0. The average Bonchev–Trinajstić information content (AvgIpc) is 3.45. The van der Waals surface area contributed by atoms with Crippen LogP contribution in [0, 0.1) is 5.82 Å². The van der Waals surface area contributed by atoms with E-state index in [9.17, 15) is 22.4 Å². The van der Waals surface area contributed by atoms with Crippen LogP contribution in [-0.4, -0.2) is 68.7 Å². The van der Waals surface area contributed by atoms with E-state index >= 15 is 0 Å². The third-order valence-corrected chi connectivity index (χ3v) is 6.79. The van der Waals surface area contributed by atoms with Gasteiger partial charge in [-0.2, -0.15) is 13.2 Å². The Labute approximate surface area is 246 Å². The molecule has 3 aromatic rings. The third-order valence-electron chi connectivity index (χ3n) is 6.79. The Morgan fingerprint density at radius 3 is 2.63 bits per heavy atom. The number of alkyl halides is 3. The number of benzene rings is 2. The average molecular weight is 604 g/mol. The lowest BCUT2D eigenvalue weighted by molar-refractivity contribution is -0.140. The highest BCUT2D eigenvalue weighted by molar-refractivity contribution is 6.02. The second kappa shape index (κ2) is 13.3. The quantitative estimate of drug-likeness (QED) is 0.221. The predicted molar refractivity (Wildman–Crippen MR) is 156 cm³/mol. The molecule has 1 fully saturated rings. The van der Waals surface area contributed by atoms with Crippen molar-refractivity contribution in [2.75, 3.05) is 68.5 Å². The molecular weight excluding hydrogens is 570 g/mol. The minimum atomic E-state index is -4.84. The highest BCUT2D eigenvalue weighted by Crippen LogP contribution is 2.41. The zero-order chi connectivity index (χ0) is 31.3. The normalized spacial score (nSPS) is 15.0. The van der Waals surface area contributed by atoms with E-state index in [1.165, 1.54) is 36.7 Å². The molecule has 2 N–H and O–H groups in total. The Morgan fingerprint density at radius 2 is 1.95 bits per heavy atom. The maximum Gasteiger partial charge on any atom is 0.419 e. The lowest BCUT2D eigenvalue weighted by Crippen LogP contribution is -2.29. The van der Waals surface area contributed by atoms with Crippen molar-refractivity contribution in [1.29, 1.82) is 0 Å². The number of carbonyl (C=O) groups is 1. The molecule has 0 spiro atoms. The smallest absolute Gasteiger partial charge is 0.419 e. The summed E-state index contributed by atoms with van der Waals surface area (Å²) in [4.78, 5) is 30.4. The second-order valence-electron chi connectivity index (χ2n) is 10.0. The number of hydrogen-bond donors (Lipinski definition) is 2. The predicted octanol–water partition coefficient (Wildman–Crippen LogP) is 5.39. The number of hydroxylamine groups is 1. The van der Waals surface area contributed by atoms with Crippen LogP contribution in [0.15, 0.2) is 55.4 Å². The molecule has 14 heteroatoms. The molecule has 2 heterocycles. The monoisotopic (exact) mass is 603 g/mol. The first kappa shape index (κ1) is 31.5. The van der Waals surface area contributed by atoms with Crippen LogP contribution in [0.5, 0.6) is 5.75 Å².